The van der Waals surface area contributed by atoms with Crippen LogP contribution >= 0.6 is 0 Å². The van der Waals surface area contributed by atoms with E-state index in [9.17, 15) is 0 Å². The number of aromatic nitrogens is 1. The molecule has 0 fully saturated rings. The number of benzene rings is 1. The van der Waals surface area contributed by atoms with Crippen molar-refractivity contribution in [3.05, 3.63) is 58.9 Å². The summed E-state index contributed by atoms with van der Waals surface area (Å²) in [6.07, 6.45) is 0. The van der Waals surface area contributed by atoms with E-state index in [0.29, 0.717) is 5.56 Å². The average molecular weight is 268 g/mol. The number of hydrogen-bond acceptors (Lipinski definition) is 3. The molecule has 104 valence electrons. The third-order valence-electron chi connectivity index (χ3n) is 3.25. The van der Waals surface area contributed by atoms with Gasteiger partial charge < -0.3 is 10.6 Å². The summed E-state index contributed by atoms with van der Waals surface area (Å²) in [5.41, 5.74) is 10.3. The highest BCUT2D eigenvalue weighted by atomic mass is 15.1. The fraction of sp³-hybridized carbons (Fsp3) is 0.250. The molecule has 0 atom stereocenters. The number of anilines is 1. The van der Waals surface area contributed by atoms with Gasteiger partial charge in [-0.1, -0.05) is 30.3 Å². The van der Waals surface area contributed by atoms with Crippen molar-refractivity contribution in [2.45, 2.75) is 20.4 Å². The fourth-order valence-electron chi connectivity index (χ4n) is 2.38. The average Bonchev–Trinajstić information content (AvgIpc) is 2.38. The molecule has 2 rings (SSSR count). The van der Waals surface area contributed by atoms with Gasteiger partial charge in [0, 0.05) is 19.3 Å². The minimum atomic E-state index is 0.0601. The highest BCUT2D eigenvalue weighted by Crippen LogP contribution is 2.24. The fourth-order valence-corrected chi connectivity index (χ4v) is 2.38. The van der Waals surface area contributed by atoms with Gasteiger partial charge in [-0.25, -0.2) is 0 Å². The topological polar surface area (TPSA) is 66.0 Å². The summed E-state index contributed by atoms with van der Waals surface area (Å²) in [5, 5.41) is 7.77. The van der Waals surface area contributed by atoms with E-state index >= 15 is 0 Å². The Balaban J connectivity index is 2.38. The van der Waals surface area contributed by atoms with Crippen molar-refractivity contribution in [3.63, 3.8) is 0 Å². The maximum absolute atomic E-state index is 7.77. The van der Waals surface area contributed by atoms with Crippen LogP contribution in [0.25, 0.3) is 0 Å². The second-order valence-corrected chi connectivity index (χ2v) is 5.00. The Hall–Kier alpha value is -2.36. The standard InChI is InChI=1S/C16H20N4/c1-11-9-14(15(16(17)18)12(2)19-11)20(3)10-13-7-5-4-6-8-13/h4-9H,10H2,1-3H3,(H3,17,18). The third kappa shape index (κ3) is 2.96. The third-order valence-corrected chi connectivity index (χ3v) is 3.25. The van der Waals surface area contributed by atoms with Crippen molar-refractivity contribution in [3.8, 4) is 0 Å². The minimum Gasteiger partial charge on any atom is -0.384 e. The van der Waals surface area contributed by atoms with Gasteiger partial charge in [-0.3, -0.25) is 10.4 Å². The van der Waals surface area contributed by atoms with Gasteiger partial charge in [0.2, 0.25) is 0 Å². The zero-order valence-corrected chi connectivity index (χ0v) is 12.1. The van der Waals surface area contributed by atoms with E-state index in [2.05, 4.69) is 22.0 Å². The number of nitrogen functional groups attached to an aromatic ring is 1. The molecule has 1 aromatic carbocycles. The van der Waals surface area contributed by atoms with Gasteiger partial charge in [0.05, 0.1) is 16.9 Å². The predicted molar refractivity (Wildman–Crippen MR) is 83.3 cm³/mol. The SMILES string of the molecule is Cc1cc(N(C)Cc2ccccc2)c(C(=N)N)c(C)n1. The van der Waals surface area contributed by atoms with Crippen LogP contribution in [0, 0.1) is 19.3 Å². The van der Waals surface area contributed by atoms with Crippen LogP contribution in [0.2, 0.25) is 0 Å². The quantitative estimate of drug-likeness (QED) is 0.661. The molecule has 0 bridgehead atoms. The van der Waals surface area contributed by atoms with Crippen molar-refractivity contribution >= 4 is 11.5 Å². The number of aryl methyl sites for hydroxylation is 2. The molecule has 1 aromatic heterocycles. The number of hydrogen-bond donors (Lipinski definition) is 2. The summed E-state index contributed by atoms with van der Waals surface area (Å²) in [6.45, 7) is 4.62. The first-order valence-electron chi connectivity index (χ1n) is 6.56. The van der Waals surface area contributed by atoms with E-state index in [-0.39, 0.29) is 5.84 Å². The molecule has 0 amide bonds. The molecular formula is C16H20N4. The number of rotatable bonds is 4. The molecule has 1 heterocycles. The molecule has 0 aliphatic rings. The van der Waals surface area contributed by atoms with Crippen molar-refractivity contribution in [2.24, 2.45) is 5.73 Å². The largest absolute Gasteiger partial charge is 0.384 e. The molecular weight excluding hydrogens is 248 g/mol. The zero-order chi connectivity index (χ0) is 14.7. The van der Waals surface area contributed by atoms with E-state index < -0.39 is 0 Å². The highest BCUT2D eigenvalue weighted by molar-refractivity contribution is 6.01. The lowest BCUT2D eigenvalue weighted by Crippen LogP contribution is -2.23. The van der Waals surface area contributed by atoms with Crippen LogP contribution in [-0.2, 0) is 6.54 Å². The number of amidine groups is 1. The van der Waals surface area contributed by atoms with Gasteiger partial charge in [0.25, 0.3) is 0 Å². The molecule has 0 unspecified atom stereocenters. The summed E-state index contributed by atoms with van der Waals surface area (Å²) in [5.74, 6) is 0.0601. The highest BCUT2D eigenvalue weighted by Gasteiger charge is 2.14. The molecule has 0 aliphatic heterocycles. The van der Waals surface area contributed by atoms with Gasteiger partial charge in [0.1, 0.15) is 5.84 Å². The Morgan fingerprint density at radius 3 is 2.50 bits per heavy atom. The van der Waals surface area contributed by atoms with Gasteiger partial charge in [-0.05, 0) is 25.5 Å². The Labute approximate surface area is 119 Å². The number of nitrogens with zero attached hydrogens (tertiary/aromatic N) is 2. The molecule has 0 spiro atoms. The van der Waals surface area contributed by atoms with Gasteiger partial charge in [-0.2, -0.15) is 0 Å². The molecule has 20 heavy (non-hydrogen) atoms. The summed E-state index contributed by atoms with van der Waals surface area (Å²) in [6, 6.07) is 12.2. The summed E-state index contributed by atoms with van der Waals surface area (Å²) < 4.78 is 0. The number of nitrogens with one attached hydrogen (secondary N) is 1. The summed E-state index contributed by atoms with van der Waals surface area (Å²) in [7, 11) is 2.01. The second-order valence-electron chi connectivity index (χ2n) is 5.00. The van der Waals surface area contributed by atoms with E-state index in [0.717, 1.165) is 23.6 Å². The summed E-state index contributed by atoms with van der Waals surface area (Å²) in [4.78, 5) is 6.50. The molecule has 0 aliphatic carbocycles. The van der Waals surface area contributed by atoms with E-state index in [1.807, 2.05) is 45.2 Å². The van der Waals surface area contributed by atoms with Crippen molar-refractivity contribution in [1.29, 1.82) is 5.41 Å². The molecule has 0 saturated carbocycles. The number of nitrogens with two attached hydrogens (primary N) is 1. The van der Waals surface area contributed by atoms with Crippen LogP contribution in [-0.4, -0.2) is 17.9 Å². The van der Waals surface area contributed by atoms with Crippen LogP contribution in [0.3, 0.4) is 0 Å². The first-order chi connectivity index (χ1) is 9.49. The lowest BCUT2D eigenvalue weighted by Gasteiger charge is -2.23. The number of pyridine rings is 1. The van der Waals surface area contributed by atoms with Crippen LogP contribution in [0.5, 0.6) is 0 Å². The van der Waals surface area contributed by atoms with E-state index in [1.54, 1.807) is 0 Å². The summed E-state index contributed by atoms with van der Waals surface area (Å²) >= 11 is 0. The Bertz CT molecular complexity index is 620. The van der Waals surface area contributed by atoms with Gasteiger partial charge in [-0.15, -0.1) is 0 Å². The maximum Gasteiger partial charge on any atom is 0.126 e. The maximum atomic E-state index is 7.77. The Morgan fingerprint density at radius 2 is 1.90 bits per heavy atom. The first-order valence-corrected chi connectivity index (χ1v) is 6.56. The van der Waals surface area contributed by atoms with Crippen LogP contribution in [0.15, 0.2) is 36.4 Å². The Kier molecular flexibility index (Phi) is 4.03. The normalized spacial score (nSPS) is 10.3. The van der Waals surface area contributed by atoms with Crippen LogP contribution in [0.4, 0.5) is 5.69 Å². The first kappa shape index (κ1) is 14.1. The molecule has 0 saturated heterocycles. The molecule has 4 heteroatoms. The molecule has 2 aromatic rings. The van der Waals surface area contributed by atoms with Crippen LogP contribution < -0.4 is 10.6 Å². The lowest BCUT2D eigenvalue weighted by atomic mass is 10.1. The molecule has 3 N–H and O–H groups in total. The van der Waals surface area contributed by atoms with Crippen molar-refractivity contribution in [2.75, 3.05) is 11.9 Å². The van der Waals surface area contributed by atoms with E-state index in [1.165, 1.54) is 5.56 Å². The van der Waals surface area contributed by atoms with Crippen LogP contribution in [0.1, 0.15) is 22.5 Å². The predicted octanol–water partition coefficient (Wildman–Crippen LogP) is 2.62. The second kappa shape index (κ2) is 5.74. The van der Waals surface area contributed by atoms with E-state index in [4.69, 9.17) is 11.1 Å². The molecule has 0 radical (unpaired) electrons. The van der Waals surface area contributed by atoms with Gasteiger partial charge in [0.15, 0.2) is 0 Å². The molecule has 4 nitrogen and oxygen atoms in total. The Morgan fingerprint density at radius 1 is 1.25 bits per heavy atom. The minimum absolute atomic E-state index is 0.0601. The smallest absolute Gasteiger partial charge is 0.126 e. The van der Waals surface area contributed by atoms with Gasteiger partial charge >= 0.3 is 0 Å². The lowest BCUT2D eigenvalue weighted by molar-refractivity contribution is 0.911. The monoisotopic (exact) mass is 268 g/mol. The van der Waals surface area contributed by atoms with Crippen molar-refractivity contribution < 1.29 is 0 Å². The van der Waals surface area contributed by atoms with Crippen molar-refractivity contribution in [1.82, 2.24) is 4.98 Å². The zero-order valence-electron chi connectivity index (χ0n) is 12.1.